The number of amides is 4. The molecule has 45 heavy (non-hydrogen) atoms. The zero-order valence-electron chi connectivity index (χ0n) is 24.4. The Morgan fingerprint density at radius 1 is 1.02 bits per heavy atom. The number of likely N-dealkylation sites (tertiary alicyclic amines) is 1. The first-order valence-corrected chi connectivity index (χ1v) is 15.1. The molecule has 4 amide bonds. The van der Waals surface area contributed by atoms with Crippen molar-refractivity contribution in [1.29, 1.82) is 0 Å². The number of likely N-dealkylation sites (N-methyl/N-ethyl adjacent to an activating group) is 1. The van der Waals surface area contributed by atoms with E-state index in [1.807, 2.05) is 19.2 Å². The molecular weight excluding hydrogens is 648 g/mol. The standard InChI is InChI=1S/C31H29BrN6O7/c1-36-14-18(12-19(15-36)34-21-13-33-37(2)30(43)26(21)32)16-6-8-17(9-7-16)31(44)45-23-5-3-4-20-25(23)29(42)38(28(20)41)22-10-11-24(39)35-27(22)40/h3-9,13,18-19,22,34H,10-12,14-15H2,1-2H3,(H,35,39,40)/t18-,19+,22?/m0/s1. The number of aryl methyl sites for hydroxylation is 1. The number of imide groups is 2. The van der Waals surface area contributed by atoms with Crippen molar-refractivity contribution in [1.82, 2.24) is 24.9 Å². The molecule has 14 heteroatoms. The Morgan fingerprint density at radius 2 is 1.78 bits per heavy atom. The Bertz CT molecular complexity index is 1810. The van der Waals surface area contributed by atoms with E-state index in [2.05, 4.69) is 36.6 Å². The summed E-state index contributed by atoms with van der Waals surface area (Å²) in [6.45, 7) is 1.57. The molecule has 2 aromatic carbocycles. The number of carbonyl (C=O) groups is 5. The lowest BCUT2D eigenvalue weighted by atomic mass is 9.88. The molecule has 6 rings (SSSR count). The van der Waals surface area contributed by atoms with Gasteiger partial charge in [0, 0.05) is 32.6 Å². The fraction of sp³-hybridized carbons (Fsp3) is 0.323. The van der Waals surface area contributed by atoms with Crippen molar-refractivity contribution in [3.63, 3.8) is 0 Å². The maximum Gasteiger partial charge on any atom is 0.343 e. The highest BCUT2D eigenvalue weighted by atomic mass is 79.9. The summed E-state index contributed by atoms with van der Waals surface area (Å²) in [4.78, 5) is 78.8. The van der Waals surface area contributed by atoms with Crippen LogP contribution in [-0.4, -0.2) is 81.4 Å². The van der Waals surface area contributed by atoms with E-state index in [4.69, 9.17) is 4.74 Å². The third-order valence-corrected chi connectivity index (χ3v) is 9.09. The summed E-state index contributed by atoms with van der Waals surface area (Å²) in [7, 11) is 3.61. The molecule has 4 heterocycles. The number of anilines is 1. The number of hydrogen-bond acceptors (Lipinski definition) is 10. The van der Waals surface area contributed by atoms with Crippen LogP contribution >= 0.6 is 15.9 Å². The molecule has 232 valence electrons. The Morgan fingerprint density at radius 3 is 2.51 bits per heavy atom. The van der Waals surface area contributed by atoms with Crippen LogP contribution in [0.25, 0.3) is 0 Å². The van der Waals surface area contributed by atoms with E-state index in [9.17, 15) is 28.8 Å². The molecule has 0 spiro atoms. The lowest BCUT2D eigenvalue weighted by Gasteiger charge is -2.36. The molecule has 0 saturated carbocycles. The van der Waals surface area contributed by atoms with Gasteiger partial charge in [-0.05, 0) is 71.6 Å². The minimum absolute atomic E-state index is 0.000518. The number of halogens is 1. The quantitative estimate of drug-likeness (QED) is 0.225. The molecular formula is C31H29BrN6O7. The average molecular weight is 678 g/mol. The van der Waals surface area contributed by atoms with Gasteiger partial charge in [0.05, 0.1) is 28.6 Å². The van der Waals surface area contributed by atoms with E-state index in [1.54, 1.807) is 25.4 Å². The number of aromatic nitrogens is 2. The summed E-state index contributed by atoms with van der Waals surface area (Å²) in [5.41, 5.74) is 1.60. The molecule has 0 radical (unpaired) electrons. The van der Waals surface area contributed by atoms with Crippen molar-refractivity contribution in [2.24, 2.45) is 7.05 Å². The first kappa shape index (κ1) is 30.3. The van der Waals surface area contributed by atoms with Crippen LogP contribution in [-0.2, 0) is 16.6 Å². The molecule has 3 aliphatic rings. The minimum Gasteiger partial charge on any atom is -0.422 e. The van der Waals surface area contributed by atoms with Crippen LogP contribution in [0.5, 0.6) is 5.75 Å². The third-order valence-electron chi connectivity index (χ3n) is 8.32. The monoisotopic (exact) mass is 676 g/mol. The molecule has 3 aromatic rings. The highest BCUT2D eigenvalue weighted by molar-refractivity contribution is 9.10. The first-order chi connectivity index (χ1) is 21.5. The van der Waals surface area contributed by atoms with Gasteiger partial charge in [-0.25, -0.2) is 9.48 Å². The van der Waals surface area contributed by atoms with E-state index in [-0.39, 0.29) is 52.8 Å². The molecule has 1 unspecified atom stereocenters. The van der Waals surface area contributed by atoms with Gasteiger partial charge in [-0.3, -0.25) is 34.2 Å². The Kier molecular flexibility index (Phi) is 8.10. The Hall–Kier alpha value is -4.69. The van der Waals surface area contributed by atoms with Crippen LogP contribution in [0.3, 0.4) is 0 Å². The molecule has 0 bridgehead atoms. The zero-order valence-corrected chi connectivity index (χ0v) is 26.0. The number of nitrogens with one attached hydrogen (secondary N) is 2. The highest BCUT2D eigenvalue weighted by Gasteiger charge is 2.46. The predicted octanol–water partition coefficient (Wildman–Crippen LogP) is 2.06. The molecule has 13 nitrogen and oxygen atoms in total. The number of rotatable bonds is 6. The van der Waals surface area contributed by atoms with Crippen LogP contribution in [0, 0.1) is 0 Å². The van der Waals surface area contributed by atoms with E-state index < -0.39 is 35.6 Å². The normalized spacial score (nSPS) is 21.8. The van der Waals surface area contributed by atoms with Gasteiger partial charge in [0.1, 0.15) is 16.3 Å². The fourth-order valence-electron chi connectivity index (χ4n) is 6.12. The number of ether oxygens (including phenoxy) is 1. The van der Waals surface area contributed by atoms with E-state index in [1.165, 1.54) is 22.9 Å². The number of fused-ring (bicyclic) bond motifs is 1. The van der Waals surface area contributed by atoms with Gasteiger partial charge in [0.15, 0.2) is 0 Å². The molecule has 0 aliphatic carbocycles. The lowest BCUT2D eigenvalue weighted by Crippen LogP contribution is -2.54. The summed E-state index contributed by atoms with van der Waals surface area (Å²) in [5.74, 6) is -3.29. The summed E-state index contributed by atoms with van der Waals surface area (Å²) in [5, 5.41) is 9.69. The lowest BCUT2D eigenvalue weighted by molar-refractivity contribution is -0.136. The highest BCUT2D eigenvalue weighted by Crippen LogP contribution is 2.34. The number of nitrogens with zero attached hydrogens (tertiary/aromatic N) is 4. The number of piperidine rings is 2. The van der Waals surface area contributed by atoms with Crippen LogP contribution in [0.4, 0.5) is 5.69 Å². The number of benzene rings is 2. The SMILES string of the molecule is CN1C[C@H](Nc2cnn(C)c(=O)c2Br)C[C@H](c2ccc(C(=O)Oc3cccc4c3C(=O)N(C3CCC(=O)NC3=O)C4=O)cc2)C1. The molecule has 2 fully saturated rings. The zero-order chi connectivity index (χ0) is 32.0. The van der Waals surface area contributed by atoms with Crippen molar-refractivity contribution in [3.05, 3.63) is 85.7 Å². The van der Waals surface area contributed by atoms with Crippen molar-refractivity contribution < 1.29 is 28.7 Å². The van der Waals surface area contributed by atoms with E-state index in [0.29, 0.717) is 10.2 Å². The van der Waals surface area contributed by atoms with Gasteiger partial charge in [0.25, 0.3) is 17.4 Å². The van der Waals surface area contributed by atoms with Crippen molar-refractivity contribution in [2.75, 3.05) is 25.5 Å². The van der Waals surface area contributed by atoms with Gasteiger partial charge < -0.3 is 15.0 Å². The predicted molar refractivity (Wildman–Crippen MR) is 164 cm³/mol. The molecule has 2 saturated heterocycles. The molecule has 1 aromatic heterocycles. The number of esters is 1. The smallest absolute Gasteiger partial charge is 0.343 e. The van der Waals surface area contributed by atoms with Crippen LogP contribution < -0.4 is 20.9 Å². The van der Waals surface area contributed by atoms with Crippen LogP contribution in [0.15, 0.2) is 57.9 Å². The second-order valence-electron chi connectivity index (χ2n) is 11.4. The van der Waals surface area contributed by atoms with E-state index >= 15 is 0 Å². The summed E-state index contributed by atoms with van der Waals surface area (Å²) < 4.78 is 7.29. The fourth-order valence-corrected chi connectivity index (χ4v) is 6.59. The number of carbonyl (C=O) groups excluding carboxylic acids is 5. The van der Waals surface area contributed by atoms with Crippen molar-refractivity contribution >= 4 is 51.2 Å². The number of hydrogen-bond donors (Lipinski definition) is 2. The van der Waals surface area contributed by atoms with Crippen molar-refractivity contribution in [3.8, 4) is 5.75 Å². The topological polar surface area (TPSA) is 160 Å². The van der Waals surface area contributed by atoms with Crippen molar-refractivity contribution in [2.45, 2.75) is 37.3 Å². The summed E-state index contributed by atoms with van der Waals surface area (Å²) in [6, 6.07) is 10.3. The van der Waals surface area contributed by atoms with Gasteiger partial charge in [0.2, 0.25) is 11.8 Å². The summed E-state index contributed by atoms with van der Waals surface area (Å²) >= 11 is 3.37. The first-order valence-electron chi connectivity index (χ1n) is 14.4. The van der Waals surface area contributed by atoms with Gasteiger partial charge in [-0.1, -0.05) is 18.2 Å². The Balaban J connectivity index is 1.15. The average Bonchev–Trinajstić information content (AvgIpc) is 3.27. The third kappa shape index (κ3) is 5.78. The summed E-state index contributed by atoms with van der Waals surface area (Å²) in [6.07, 6.45) is 2.42. The minimum atomic E-state index is -1.13. The molecule has 3 atom stereocenters. The largest absolute Gasteiger partial charge is 0.422 e. The van der Waals surface area contributed by atoms with E-state index in [0.717, 1.165) is 30.0 Å². The van der Waals surface area contributed by atoms with Gasteiger partial charge in [-0.15, -0.1) is 0 Å². The second-order valence-corrected chi connectivity index (χ2v) is 12.2. The van der Waals surface area contributed by atoms with Crippen LogP contribution in [0.1, 0.15) is 61.8 Å². The maximum absolute atomic E-state index is 13.3. The van der Waals surface area contributed by atoms with Gasteiger partial charge in [-0.2, -0.15) is 5.10 Å². The Labute approximate surface area is 265 Å². The molecule has 2 N–H and O–H groups in total. The molecule has 3 aliphatic heterocycles. The second kappa shape index (κ2) is 12.0. The van der Waals surface area contributed by atoms with Crippen LogP contribution in [0.2, 0.25) is 0 Å². The maximum atomic E-state index is 13.3. The van der Waals surface area contributed by atoms with Gasteiger partial charge >= 0.3 is 5.97 Å².